The van der Waals surface area contributed by atoms with Crippen molar-refractivity contribution >= 4 is 11.8 Å². The lowest BCUT2D eigenvalue weighted by Gasteiger charge is -2.57. The first-order valence-corrected chi connectivity index (χ1v) is 8.09. The lowest BCUT2D eigenvalue weighted by Crippen LogP contribution is -2.56. The molecule has 0 atom stereocenters. The molecule has 0 amide bonds. The zero-order valence-electron chi connectivity index (χ0n) is 12.2. The molecule has 4 fully saturated rings. The van der Waals surface area contributed by atoms with Crippen molar-refractivity contribution in [2.24, 2.45) is 23.7 Å². The molecule has 4 aliphatic carbocycles. The molecule has 0 aliphatic heterocycles. The SMILES string of the molecule is CCN(c1nccc(N)n1)C1C2CC3CC(C2)CC1C3. The molecular weight excluding hydrogens is 248 g/mol. The number of nitrogens with zero attached hydrogens (tertiary/aromatic N) is 3. The molecule has 0 spiro atoms. The van der Waals surface area contributed by atoms with Gasteiger partial charge in [-0.25, -0.2) is 4.98 Å². The van der Waals surface area contributed by atoms with Crippen LogP contribution in [0.2, 0.25) is 0 Å². The molecule has 4 bridgehead atoms. The van der Waals surface area contributed by atoms with Crippen LogP contribution in [0.4, 0.5) is 11.8 Å². The molecule has 1 heterocycles. The Balaban J connectivity index is 1.65. The van der Waals surface area contributed by atoms with Gasteiger partial charge in [0.25, 0.3) is 0 Å². The Labute approximate surface area is 120 Å². The summed E-state index contributed by atoms with van der Waals surface area (Å²) in [5, 5.41) is 0. The van der Waals surface area contributed by atoms with Crippen molar-refractivity contribution in [3.8, 4) is 0 Å². The zero-order valence-corrected chi connectivity index (χ0v) is 12.2. The van der Waals surface area contributed by atoms with E-state index in [0.717, 1.165) is 36.2 Å². The molecule has 4 heteroatoms. The Hall–Kier alpha value is -1.32. The highest BCUT2D eigenvalue weighted by atomic mass is 15.3. The molecule has 0 saturated heterocycles. The van der Waals surface area contributed by atoms with E-state index in [0.29, 0.717) is 11.9 Å². The molecule has 1 aromatic rings. The molecule has 5 rings (SSSR count). The van der Waals surface area contributed by atoms with Gasteiger partial charge in [-0.1, -0.05) is 0 Å². The summed E-state index contributed by atoms with van der Waals surface area (Å²) in [6.07, 6.45) is 9.00. The Morgan fingerprint density at radius 1 is 1.15 bits per heavy atom. The Bertz CT molecular complexity index is 473. The molecule has 4 aliphatic rings. The molecule has 2 N–H and O–H groups in total. The van der Waals surface area contributed by atoms with Gasteiger partial charge in [0.2, 0.25) is 5.95 Å². The van der Waals surface area contributed by atoms with Crippen LogP contribution in [0.5, 0.6) is 0 Å². The van der Waals surface area contributed by atoms with Crippen LogP contribution in [-0.4, -0.2) is 22.6 Å². The minimum absolute atomic E-state index is 0.581. The largest absolute Gasteiger partial charge is 0.384 e. The molecular formula is C16H24N4. The monoisotopic (exact) mass is 272 g/mol. The minimum Gasteiger partial charge on any atom is -0.384 e. The van der Waals surface area contributed by atoms with Crippen LogP contribution < -0.4 is 10.6 Å². The average molecular weight is 272 g/mol. The van der Waals surface area contributed by atoms with E-state index in [1.54, 1.807) is 12.3 Å². The van der Waals surface area contributed by atoms with E-state index in [1.165, 1.54) is 32.1 Å². The summed E-state index contributed by atoms with van der Waals surface area (Å²) in [7, 11) is 0. The average Bonchev–Trinajstić information content (AvgIpc) is 2.42. The summed E-state index contributed by atoms with van der Waals surface area (Å²) >= 11 is 0. The summed E-state index contributed by atoms with van der Waals surface area (Å²) in [5.41, 5.74) is 5.85. The van der Waals surface area contributed by atoms with Crippen LogP contribution in [0.25, 0.3) is 0 Å². The first-order chi connectivity index (χ1) is 9.74. The van der Waals surface area contributed by atoms with Crippen molar-refractivity contribution in [2.75, 3.05) is 17.2 Å². The predicted molar refractivity (Wildman–Crippen MR) is 80.3 cm³/mol. The van der Waals surface area contributed by atoms with Crippen molar-refractivity contribution in [3.05, 3.63) is 12.3 Å². The minimum atomic E-state index is 0.581. The van der Waals surface area contributed by atoms with Crippen molar-refractivity contribution in [2.45, 2.75) is 45.1 Å². The van der Waals surface area contributed by atoms with E-state index in [9.17, 15) is 0 Å². The van der Waals surface area contributed by atoms with Gasteiger partial charge in [-0.3, -0.25) is 0 Å². The van der Waals surface area contributed by atoms with Gasteiger partial charge in [-0.15, -0.1) is 0 Å². The van der Waals surface area contributed by atoms with Crippen molar-refractivity contribution < 1.29 is 0 Å². The fourth-order valence-electron chi connectivity index (χ4n) is 5.39. The standard InChI is InChI=1S/C16H24N4/c1-2-20(16-18-4-3-14(17)19-16)15-12-6-10-5-11(8-12)9-13(15)7-10/h3-4,10-13,15H,2,5-9H2,1H3,(H2,17,18,19). The molecule has 20 heavy (non-hydrogen) atoms. The molecule has 0 aromatic carbocycles. The van der Waals surface area contributed by atoms with Gasteiger partial charge in [0.15, 0.2) is 0 Å². The molecule has 0 unspecified atom stereocenters. The van der Waals surface area contributed by atoms with Crippen LogP contribution in [0.1, 0.15) is 39.0 Å². The first kappa shape index (κ1) is 12.4. The first-order valence-electron chi connectivity index (χ1n) is 8.09. The second-order valence-electron chi connectivity index (χ2n) is 6.99. The van der Waals surface area contributed by atoms with Crippen LogP contribution in [-0.2, 0) is 0 Å². The quantitative estimate of drug-likeness (QED) is 0.919. The van der Waals surface area contributed by atoms with Gasteiger partial charge in [0.1, 0.15) is 5.82 Å². The summed E-state index contributed by atoms with van der Waals surface area (Å²) in [4.78, 5) is 11.4. The number of hydrogen-bond acceptors (Lipinski definition) is 4. The Kier molecular flexibility index (Phi) is 2.86. The van der Waals surface area contributed by atoms with Gasteiger partial charge in [-0.05, 0) is 68.8 Å². The third-order valence-corrected chi connectivity index (χ3v) is 5.80. The molecule has 1 aromatic heterocycles. The third-order valence-electron chi connectivity index (χ3n) is 5.80. The molecule has 4 nitrogen and oxygen atoms in total. The summed E-state index contributed by atoms with van der Waals surface area (Å²) in [6.45, 7) is 3.20. The zero-order chi connectivity index (χ0) is 13.7. The van der Waals surface area contributed by atoms with Gasteiger partial charge < -0.3 is 10.6 Å². The van der Waals surface area contributed by atoms with Gasteiger partial charge in [0.05, 0.1) is 0 Å². The van der Waals surface area contributed by atoms with E-state index in [-0.39, 0.29) is 0 Å². The highest BCUT2D eigenvalue weighted by Crippen LogP contribution is 2.55. The maximum atomic E-state index is 5.85. The van der Waals surface area contributed by atoms with E-state index in [4.69, 9.17) is 5.73 Å². The maximum Gasteiger partial charge on any atom is 0.227 e. The van der Waals surface area contributed by atoms with E-state index < -0.39 is 0 Å². The van der Waals surface area contributed by atoms with Crippen molar-refractivity contribution in [3.63, 3.8) is 0 Å². The predicted octanol–water partition coefficient (Wildman–Crippen LogP) is 2.71. The normalized spacial score (nSPS) is 38.1. The van der Waals surface area contributed by atoms with Gasteiger partial charge >= 0.3 is 0 Å². The van der Waals surface area contributed by atoms with Gasteiger partial charge in [-0.2, -0.15) is 4.98 Å². The lowest BCUT2D eigenvalue weighted by atomic mass is 9.54. The molecule has 0 radical (unpaired) electrons. The van der Waals surface area contributed by atoms with Gasteiger partial charge in [0, 0.05) is 18.8 Å². The third kappa shape index (κ3) is 1.88. The molecule has 4 saturated carbocycles. The van der Waals surface area contributed by atoms with Crippen LogP contribution in [0, 0.1) is 23.7 Å². The Morgan fingerprint density at radius 3 is 2.35 bits per heavy atom. The number of anilines is 2. The van der Waals surface area contributed by atoms with Crippen molar-refractivity contribution in [1.82, 2.24) is 9.97 Å². The smallest absolute Gasteiger partial charge is 0.227 e. The lowest BCUT2D eigenvalue weighted by molar-refractivity contribution is -0.00298. The Morgan fingerprint density at radius 2 is 1.80 bits per heavy atom. The van der Waals surface area contributed by atoms with Crippen LogP contribution in [0.3, 0.4) is 0 Å². The van der Waals surface area contributed by atoms with Crippen LogP contribution in [0.15, 0.2) is 12.3 Å². The van der Waals surface area contributed by atoms with E-state index in [2.05, 4.69) is 21.8 Å². The summed E-state index contributed by atoms with van der Waals surface area (Å²) < 4.78 is 0. The number of nitrogens with two attached hydrogens (primary N) is 1. The molecule has 108 valence electrons. The van der Waals surface area contributed by atoms with Crippen LogP contribution >= 0.6 is 0 Å². The van der Waals surface area contributed by atoms with E-state index >= 15 is 0 Å². The summed E-state index contributed by atoms with van der Waals surface area (Å²) in [5.74, 6) is 5.15. The van der Waals surface area contributed by atoms with Crippen molar-refractivity contribution in [1.29, 1.82) is 0 Å². The number of nitrogen functional groups attached to an aromatic ring is 1. The fraction of sp³-hybridized carbons (Fsp3) is 0.750. The second kappa shape index (κ2) is 4.61. The summed E-state index contributed by atoms with van der Waals surface area (Å²) in [6, 6.07) is 2.42. The van der Waals surface area contributed by atoms with E-state index in [1.807, 2.05) is 0 Å². The highest BCUT2D eigenvalue weighted by Gasteiger charge is 2.50. The maximum absolute atomic E-state index is 5.85. The highest BCUT2D eigenvalue weighted by molar-refractivity contribution is 5.39. The number of rotatable bonds is 3. The number of hydrogen-bond donors (Lipinski definition) is 1. The topological polar surface area (TPSA) is 55.0 Å². The number of aromatic nitrogens is 2. The second-order valence-corrected chi connectivity index (χ2v) is 6.99. The fourth-order valence-corrected chi connectivity index (χ4v) is 5.39.